The van der Waals surface area contributed by atoms with E-state index in [1.807, 2.05) is 104 Å². The van der Waals surface area contributed by atoms with Crippen molar-refractivity contribution in [3.63, 3.8) is 0 Å². The molecular formula is C23H45N5O2P2. The van der Waals surface area contributed by atoms with Crippen LogP contribution in [-0.2, 0) is 9.13 Å². The van der Waals surface area contributed by atoms with Gasteiger partial charge in [-0.3, -0.25) is 9.13 Å². The van der Waals surface area contributed by atoms with Crippen molar-refractivity contribution >= 4 is 25.8 Å². The van der Waals surface area contributed by atoms with Gasteiger partial charge >= 0.3 is 0 Å². The summed E-state index contributed by atoms with van der Waals surface area (Å²) < 4.78 is 38.4. The second-order valence-electron chi connectivity index (χ2n) is 7.39. The summed E-state index contributed by atoms with van der Waals surface area (Å²) in [5.41, 5.74) is 0.682. The molecule has 0 unspecified atom stereocenters. The predicted octanol–water partition coefficient (Wildman–Crippen LogP) is 6.43. The first-order chi connectivity index (χ1) is 15.3. The molecule has 0 spiro atoms. The molecule has 0 aliphatic carbocycles. The lowest BCUT2D eigenvalue weighted by atomic mass is 10.3. The molecule has 0 N–H and O–H groups in total. The fraction of sp³-hybridized carbons (Fsp3) is 0.696. The highest BCUT2D eigenvalue weighted by Crippen LogP contribution is 2.70. The molecule has 1 aromatic carbocycles. The highest BCUT2D eigenvalue weighted by Gasteiger charge is 2.53. The Hall–Kier alpha value is -0.810. The van der Waals surface area contributed by atoms with Crippen molar-refractivity contribution in [2.45, 2.75) is 55.4 Å². The van der Waals surface area contributed by atoms with Crippen LogP contribution in [0.2, 0.25) is 0 Å². The van der Waals surface area contributed by atoms with Crippen LogP contribution in [0.1, 0.15) is 55.4 Å². The quantitative estimate of drug-likeness (QED) is 0.211. The minimum absolute atomic E-state index is 0.330. The fourth-order valence-electron chi connectivity index (χ4n) is 4.21. The van der Waals surface area contributed by atoms with Crippen LogP contribution in [0.25, 0.3) is 0 Å². The zero-order valence-electron chi connectivity index (χ0n) is 21.5. The monoisotopic (exact) mass is 485 g/mol. The lowest BCUT2D eigenvalue weighted by molar-refractivity contribution is 0.363. The van der Waals surface area contributed by atoms with Gasteiger partial charge in [-0.15, -0.1) is 0 Å². The number of hydrogen-bond acceptors (Lipinski definition) is 3. The molecule has 0 aliphatic heterocycles. The highest BCUT2D eigenvalue weighted by molar-refractivity contribution is 8.02. The lowest BCUT2D eigenvalue weighted by Gasteiger charge is -2.45. The summed E-state index contributed by atoms with van der Waals surface area (Å²) in [6.07, 6.45) is 0. The maximum atomic E-state index is 15.3. The standard InChI is InChI=1S/C23H45N5O2P2/c1-9-25(10-2)31(29,26(11-3)12-4)23(24-22-20-18-17-19-21-22)32(30,27(13-5)14-6)28(15-7)16-8/h17-21H,9-16H2,1-8H3. The number of rotatable bonds is 15. The number of aliphatic imine (C=N–C) groups is 1. The molecule has 0 aliphatic rings. The SMILES string of the molecule is CCN(CC)P(=O)(C(=Nc1ccccc1)P(=O)(N(CC)CC)N(CC)CC)N(CC)CC. The Labute approximate surface area is 196 Å². The van der Waals surface area contributed by atoms with Gasteiger partial charge in [0.25, 0.3) is 14.9 Å². The molecule has 1 aromatic rings. The third kappa shape index (κ3) is 5.81. The van der Waals surface area contributed by atoms with Crippen LogP contribution in [0.3, 0.4) is 0 Å². The van der Waals surface area contributed by atoms with Gasteiger partial charge in [0.15, 0.2) is 5.19 Å². The van der Waals surface area contributed by atoms with Gasteiger partial charge < -0.3 is 0 Å². The number of benzene rings is 1. The Morgan fingerprint density at radius 1 is 0.594 bits per heavy atom. The zero-order valence-corrected chi connectivity index (χ0v) is 23.3. The van der Waals surface area contributed by atoms with Crippen LogP contribution in [0, 0.1) is 0 Å². The van der Waals surface area contributed by atoms with Gasteiger partial charge in [-0.25, -0.2) is 23.7 Å². The second kappa shape index (κ2) is 13.8. The Morgan fingerprint density at radius 2 is 0.875 bits per heavy atom. The van der Waals surface area contributed by atoms with Crippen molar-refractivity contribution in [2.24, 2.45) is 4.99 Å². The smallest absolute Gasteiger partial charge is 0.269 e. The maximum absolute atomic E-state index is 15.3. The van der Waals surface area contributed by atoms with Crippen LogP contribution < -0.4 is 0 Å². The summed E-state index contributed by atoms with van der Waals surface area (Å²) in [5, 5.41) is 0.330. The van der Waals surface area contributed by atoms with E-state index in [2.05, 4.69) is 0 Å². The summed E-state index contributed by atoms with van der Waals surface area (Å²) in [7, 11) is -6.85. The van der Waals surface area contributed by atoms with Gasteiger partial charge in [0.2, 0.25) is 0 Å². The Kier molecular flexibility index (Phi) is 12.6. The Bertz CT molecular complexity index is 711. The number of nitrogens with zero attached hydrogens (tertiary/aromatic N) is 5. The van der Waals surface area contributed by atoms with Gasteiger partial charge in [-0.2, -0.15) is 0 Å². The molecule has 0 atom stereocenters. The van der Waals surface area contributed by atoms with E-state index in [4.69, 9.17) is 4.99 Å². The first-order valence-electron chi connectivity index (χ1n) is 12.2. The highest BCUT2D eigenvalue weighted by atomic mass is 31.2. The molecule has 9 heteroatoms. The van der Waals surface area contributed by atoms with Crippen molar-refractivity contribution < 1.29 is 9.13 Å². The molecule has 0 bridgehead atoms. The van der Waals surface area contributed by atoms with Crippen LogP contribution >= 0.6 is 14.9 Å². The average molecular weight is 486 g/mol. The van der Waals surface area contributed by atoms with Gasteiger partial charge in [-0.1, -0.05) is 73.6 Å². The van der Waals surface area contributed by atoms with Crippen molar-refractivity contribution in [1.82, 2.24) is 18.7 Å². The molecule has 0 amide bonds. The summed E-state index contributed by atoms with van der Waals surface area (Å²) >= 11 is 0. The van der Waals surface area contributed by atoms with E-state index in [1.165, 1.54) is 0 Å². The van der Waals surface area contributed by atoms with Gasteiger partial charge in [-0.05, 0) is 12.1 Å². The van der Waals surface area contributed by atoms with E-state index >= 15 is 9.13 Å². The van der Waals surface area contributed by atoms with E-state index in [9.17, 15) is 0 Å². The normalized spacial score (nSPS) is 12.9. The molecule has 0 heterocycles. The van der Waals surface area contributed by atoms with Crippen molar-refractivity contribution in [2.75, 3.05) is 52.4 Å². The third-order valence-electron chi connectivity index (χ3n) is 5.96. The first-order valence-corrected chi connectivity index (χ1v) is 15.4. The number of hydrogen-bond donors (Lipinski definition) is 0. The molecule has 7 nitrogen and oxygen atoms in total. The van der Waals surface area contributed by atoms with Crippen LogP contribution in [0.15, 0.2) is 35.3 Å². The second-order valence-corrected chi connectivity index (χ2v) is 13.0. The molecule has 0 radical (unpaired) electrons. The lowest BCUT2D eigenvalue weighted by Crippen LogP contribution is -2.41. The van der Waals surface area contributed by atoms with E-state index in [-0.39, 0.29) is 0 Å². The van der Waals surface area contributed by atoms with Gasteiger partial charge in [0.1, 0.15) is 0 Å². The van der Waals surface area contributed by atoms with Crippen molar-refractivity contribution in [3.8, 4) is 0 Å². The summed E-state index contributed by atoms with van der Waals surface area (Å²) in [6, 6.07) is 9.54. The topological polar surface area (TPSA) is 59.5 Å². The Balaban J connectivity index is 4.16. The average Bonchev–Trinajstić information content (AvgIpc) is 2.81. The van der Waals surface area contributed by atoms with E-state index in [0.717, 1.165) is 0 Å². The van der Waals surface area contributed by atoms with Crippen LogP contribution in [-0.4, -0.2) is 76.2 Å². The molecule has 1 rings (SSSR count). The summed E-state index contributed by atoms with van der Waals surface area (Å²) in [4.78, 5) is 4.99. The molecule has 0 aromatic heterocycles. The summed E-state index contributed by atoms with van der Waals surface area (Å²) in [6.45, 7) is 20.8. The molecular weight excluding hydrogens is 440 g/mol. The van der Waals surface area contributed by atoms with Crippen molar-refractivity contribution in [3.05, 3.63) is 30.3 Å². The largest absolute Gasteiger partial charge is 0.282 e. The fourth-order valence-corrected chi connectivity index (χ4v) is 12.4. The number of para-hydroxylation sites is 1. The molecule has 184 valence electrons. The van der Waals surface area contributed by atoms with Gasteiger partial charge in [0, 0.05) is 52.4 Å². The van der Waals surface area contributed by atoms with Crippen LogP contribution in [0.4, 0.5) is 5.69 Å². The minimum atomic E-state index is -3.43. The van der Waals surface area contributed by atoms with E-state index in [0.29, 0.717) is 63.2 Å². The van der Waals surface area contributed by atoms with Crippen LogP contribution in [0.5, 0.6) is 0 Å². The van der Waals surface area contributed by atoms with Crippen molar-refractivity contribution in [1.29, 1.82) is 0 Å². The van der Waals surface area contributed by atoms with E-state index in [1.54, 1.807) is 0 Å². The van der Waals surface area contributed by atoms with Gasteiger partial charge in [0.05, 0.1) is 5.69 Å². The minimum Gasteiger partial charge on any atom is -0.282 e. The first kappa shape index (κ1) is 29.2. The molecule has 0 fully saturated rings. The van der Waals surface area contributed by atoms with E-state index < -0.39 is 14.9 Å². The predicted molar refractivity (Wildman–Crippen MR) is 140 cm³/mol. The third-order valence-corrected chi connectivity index (χ3v) is 14.1. The molecule has 0 saturated heterocycles. The zero-order chi connectivity index (χ0) is 24.4. The maximum Gasteiger partial charge on any atom is 0.269 e. The Morgan fingerprint density at radius 3 is 1.12 bits per heavy atom. The molecule has 0 saturated carbocycles. The molecule has 32 heavy (non-hydrogen) atoms. The summed E-state index contributed by atoms with van der Waals surface area (Å²) in [5.74, 6) is 0.